The van der Waals surface area contributed by atoms with E-state index in [0.29, 0.717) is 5.69 Å². The van der Waals surface area contributed by atoms with E-state index in [1.165, 1.54) is 12.3 Å². The maximum Gasteiger partial charge on any atom is 0.247 e. The first kappa shape index (κ1) is 8.86. The van der Waals surface area contributed by atoms with Gasteiger partial charge >= 0.3 is 0 Å². The summed E-state index contributed by atoms with van der Waals surface area (Å²) in [7, 11) is -3.31. The minimum atomic E-state index is -3.31. The zero-order valence-electron chi connectivity index (χ0n) is 6.56. The summed E-state index contributed by atoms with van der Waals surface area (Å²) in [4.78, 5) is 7.36. The fourth-order valence-corrected chi connectivity index (χ4v) is 1.17. The summed E-state index contributed by atoms with van der Waals surface area (Å²) in [6.07, 6.45) is 3.92. The first-order valence-corrected chi connectivity index (χ1v) is 5.09. The molecule has 1 aromatic heterocycles. The average molecular weight is 184 g/mol. The summed E-state index contributed by atoms with van der Waals surface area (Å²) < 4.78 is 21.9. The molecule has 12 heavy (non-hydrogen) atoms. The van der Waals surface area contributed by atoms with E-state index in [4.69, 9.17) is 0 Å². The van der Waals surface area contributed by atoms with Crippen molar-refractivity contribution in [2.24, 2.45) is 0 Å². The van der Waals surface area contributed by atoms with Crippen molar-refractivity contribution in [1.29, 1.82) is 0 Å². The van der Waals surface area contributed by atoms with Crippen LogP contribution in [0, 0.1) is 0 Å². The van der Waals surface area contributed by atoms with Crippen LogP contribution in [0.3, 0.4) is 0 Å². The molecule has 0 aliphatic carbocycles. The van der Waals surface area contributed by atoms with Gasteiger partial charge < -0.3 is 0 Å². The van der Waals surface area contributed by atoms with Crippen molar-refractivity contribution >= 4 is 15.9 Å². The Morgan fingerprint density at radius 1 is 1.58 bits per heavy atom. The summed E-state index contributed by atoms with van der Waals surface area (Å²) in [5.41, 5.74) is 0.505. The Hall–Kier alpha value is -1.23. The summed E-state index contributed by atoms with van der Waals surface area (Å²) in [6.45, 7) is 3.47. The van der Waals surface area contributed by atoms with Crippen molar-refractivity contribution < 1.29 is 8.42 Å². The molecule has 0 saturated carbocycles. The molecule has 0 fully saturated rings. The lowest BCUT2D eigenvalue weighted by molar-refractivity contribution is 0.592. The van der Waals surface area contributed by atoms with Crippen LogP contribution in [0.5, 0.6) is 0 Å². The highest BCUT2D eigenvalue weighted by Gasteiger charge is 2.09. The Kier molecular flexibility index (Phi) is 2.23. The topological polar surface area (TPSA) is 59.9 Å². The smallest absolute Gasteiger partial charge is 0.227 e. The van der Waals surface area contributed by atoms with E-state index in [-0.39, 0.29) is 5.16 Å². The lowest BCUT2D eigenvalue weighted by Gasteiger charge is -1.96. The Morgan fingerprint density at radius 2 is 2.25 bits per heavy atom. The highest BCUT2D eigenvalue weighted by atomic mass is 32.2. The molecule has 0 bridgehead atoms. The number of hydrogen-bond donors (Lipinski definition) is 0. The largest absolute Gasteiger partial charge is 0.247 e. The normalized spacial score (nSPS) is 11.1. The number of sulfone groups is 1. The molecule has 0 N–H and O–H groups in total. The molecule has 0 spiro atoms. The number of rotatable bonds is 2. The lowest BCUT2D eigenvalue weighted by atomic mass is 10.4. The molecule has 0 saturated heterocycles. The van der Waals surface area contributed by atoms with Gasteiger partial charge in [0.2, 0.25) is 15.0 Å². The lowest BCUT2D eigenvalue weighted by Crippen LogP contribution is -2.03. The van der Waals surface area contributed by atoms with Gasteiger partial charge in [0.15, 0.2) is 0 Å². The SMILES string of the molecule is C=Cc1ccnc(S(C)(=O)=O)n1. The molecule has 0 aliphatic rings. The van der Waals surface area contributed by atoms with E-state index in [9.17, 15) is 8.42 Å². The number of hydrogen-bond acceptors (Lipinski definition) is 4. The van der Waals surface area contributed by atoms with Crippen molar-refractivity contribution in [1.82, 2.24) is 9.97 Å². The fourth-order valence-electron chi connectivity index (χ4n) is 0.646. The van der Waals surface area contributed by atoms with Gasteiger partial charge in [-0.3, -0.25) is 0 Å². The number of nitrogens with zero attached hydrogens (tertiary/aromatic N) is 2. The Morgan fingerprint density at radius 3 is 2.75 bits per heavy atom. The molecular weight excluding hydrogens is 176 g/mol. The quantitative estimate of drug-likeness (QED) is 0.629. The van der Waals surface area contributed by atoms with E-state index < -0.39 is 9.84 Å². The molecule has 4 nitrogen and oxygen atoms in total. The summed E-state index contributed by atoms with van der Waals surface area (Å²) in [5.74, 6) is 0. The minimum absolute atomic E-state index is 0.167. The monoisotopic (exact) mass is 184 g/mol. The summed E-state index contributed by atoms with van der Waals surface area (Å²) in [6, 6.07) is 1.58. The highest BCUT2D eigenvalue weighted by Crippen LogP contribution is 2.02. The molecule has 1 rings (SSSR count). The average Bonchev–Trinajstić information content (AvgIpc) is 2.03. The zero-order valence-corrected chi connectivity index (χ0v) is 7.37. The van der Waals surface area contributed by atoms with Crippen molar-refractivity contribution in [3.63, 3.8) is 0 Å². The van der Waals surface area contributed by atoms with Gasteiger partial charge in [-0.1, -0.05) is 6.58 Å². The zero-order chi connectivity index (χ0) is 9.19. The predicted octanol–water partition coefficient (Wildman–Crippen LogP) is 0.523. The van der Waals surface area contributed by atoms with E-state index in [0.717, 1.165) is 6.26 Å². The van der Waals surface area contributed by atoms with Gasteiger partial charge in [-0.05, 0) is 12.1 Å². The van der Waals surface area contributed by atoms with Crippen molar-refractivity contribution in [3.05, 3.63) is 24.5 Å². The van der Waals surface area contributed by atoms with Gasteiger partial charge in [0.05, 0.1) is 5.69 Å². The molecule has 0 atom stereocenters. The Bertz CT molecular complexity index is 398. The van der Waals surface area contributed by atoms with Crippen LogP contribution in [-0.4, -0.2) is 24.6 Å². The first-order chi connectivity index (χ1) is 5.54. The van der Waals surface area contributed by atoms with Gasteiger partial charge in [-0.2, -0.15) is 0 Å². The van der Waals surface area contributed by atoms with E-state index in [1.54, 1.807) is 6.07 Å². The standard InChI is InChI=1S/C7H8N2O2S/c1-3-6-4-5-8-7(9-6)12(2,10)11/h3-5H,1H2,2H3. The molecule has 0 amide bonds. The Labute approximate surface area is 70.9 Å². The molecule has 0 aromatic carbocycles. The molecule has 64 valence electrons. The van der Waals surface area contributed by atoms with E-state index >= 15 is 0 Å². The maximum atomic E-state index is 10.9. The second-order valence-corrected chi connectivity index (χ2v) is 4.15. The van der Waals surface area contributed by atoms with Crippen LogP contribution in [-0.2, 0) is 9.84 Å². The van der Waals surface area contributed by atoms with Crippen LogP contribution in [0.25, 0.3) is 6.08 Å². The van der Waals surface area contributed by atoms with Crippen LogP contribution in [0.1, 0.15) is 5.69 Å². The third-order valence-electron chi connectivity index (χ3n) is 1.20. The molecular formula is C7H8N2O2S. The highest BCUT2D eigenvalue weighted by molar-refractivity contribution is 7.90. The molecule has 5 heteroatoms. The fraction of sp³-hybridized carbons (Fsp3) is 0.143. The molecule has 1 heterocycles. The second-order valence-electron chi connectivity index (χ2n) is 2.24. The van der Waals surface area contributed by atoms with Crippen LogP contribution in [0.4, 0.5) is 0 Å². The van der Waals surface area contributed by atoms with Crippen LogP contribution < -0.4 is 0 Å². The van der Waals surface area contributed by atoms with Gasteiger partial charge in [-0.25, -0.2) is 18.4 Å². The second kappa shape index (κ2) is 3.02. The van der Waals surface area contributed by atoms with Gasteiger partial charge in [0.25, 0.3) is 0 Å². The van der Waals surface area contributed by atoms with Crippen LogP contribution >= 0.6 is 0 Å². The third kappa shape index (κ3) is 1.88. The van der Waals surface area contributed by atoms with Crippen LogP contribution in [0.15, 0.2) is 24.0 Å². The summed E-state index contributed by atoms with van der Waals surface area (Å²) >= 11 is 0. The first-order valence-electron chi connectivity index (χ1n) is 3.19. The van der Waals surface area contributed by atoms with Crippen LogP contribution in [0.2, 0.25) is 0 Å². The van der Waals surface area contributed by atoms with Gasteiger partial charge in [-0.15, -0.1) is 0 Å². The maximum absolute atomic E-state index is 10.9. The minimum Gasteiger partial charge on any atom is -0.227 e. The van der Waals surface area contributed by atoms with Crippen molar-refractivity contribution in [2.75, 3.05) is 6.26 Å². The molecule has 0 unspecified atom stereocenters. The predicted molar refractivity (Wildman–Crippen MR) is 45.2 cm³/mol. The van der Waals surface area contributed by atoms with Gasteiger partial charge in [0.1, 0.15) is 0 Å². The van der Waals surface area contributed by atoms with Crippen molar-refractivity contribution in [3.8, 4) is 0 Å². The number of aromatic nitrogens is 2. The molecule has 1 aromatic rings. The molecule has 0 aliphatic heterocycles. The van der Waals surface area contributed by atoms with Gasteiger partial charge in [0, 0.05) is 12.5 Å². The molecule has 0 radical (unpaired) electrons. The van der Waals surface area contributed by atoms with E-state index in [2.05, 4.69) is 16.5 Å². The Balaban J connectivity index is 3.29. The van der Waals surface area contributed by atoms with Crippen molar-refractivity contribution in [2.45, 2.75) is 5.16 Å². The summed E-state index contributed by atoms with van der Waals surface area (Å²) in [5, 5.41) is -0.167. The third-order valence-corrected chi connectivity index (χ3v) is 2.06. The van der Waals surface area contributed by atoms with E-state index in [1.807, 2.05) is 0 Å².